The highest BCUT2D eigenvalue weighted by molar-refractivity contribution is 5.64. The number of halogens is 4. The number of aromatic nitrogens is 3. The van der Waals surface area contributed by atoms with E-state index in [0.717, 1.165) is 25.3 Å². The van der Waals surface area contributed by atoms with E-state index < -0.39 is 12.1 Å². The smallest absolute Gasteiger partial charge is 0.402 e. The van der Waals surface area contributed by atoms with E-state index in [1.807, 2.05) is 6.20 Å². The number of nitrogen functional groups attached to an aromatic ring is 1. The van der Waals surface area contributed by atoms with Crippen LogP contribution in [0.5, 0.6) is 5.75 Å². The molecule has 5 rings (SSSR count). The van der Waals surface area contributed by atoms with Gasteiger partial charge >= 0.3 is 6.36 Å². The van der Waals surface area contributed by atoms with Crippen LogP contribution in [0.15, 0.2) is 18.5 Å². The summed E-state index contributed by atoms with van der Waals surface area (Å²) in [5.41, 5.74) is 6.55. The molecule has 0 amide bonds. The molecule has 10 heteroatoms. The monoisotopic (exact) mass is 425 g/mol. The van der Waals surface area contributed by atoms with Crippen molar-refractivity contribution in [3.8, 4) is 17.0 Å². The third-order valence-corrected chi connectivity index (χ3v) is 6.33. The normalized spacial score (nSPS) is 26.1. The highest BCUT2D eigenvalue weighted by atomic mass is 19.4. The molecule has 162 valence electrons. The number of pyridine rings is 1. The van der Waals surface area contributed by atoms with Gasteiger partial charge in [0.2, 0.25) is 0 Å². The molecular weight excluding hydrogens is 402 g/mol. The Morgan fingerprint density at radius 1 is 1.20 bits per heavy atom. The van der Waals surface area contributed by atoms with Crippen LogP contribution >= 0.6 is 0 Å². The van der Waals surface area contributed by atoms with Crippen molar-refractivity contribution in [1.29, 1.82) is 0 Å². The van der Waals surface area contributed by atoms with E-state index in [1.165, 1.54) is 25.1 Å². The zero-order chi connectivity index (χ0) is 21.0. The van der Waals surface area contributed by atoms with Crippen molar-refractivity contribution in [2.45, 2.75) is 31.7 Å². The first-order valence-corrected chi connectivity index (χ1v) is 10.2. The van der Waals surface area contributed by atoms with Crippen LogP contribution in [0.4, 0.5) is 23.4 Å². The van der Waals surface area contributed by atoms with Crippen molar-refractivity contribution >= 4 is 5.82 Å². The number of rotatable bonds is 7. The number of ether oxygens (including phenoxy) is 1. The maximum absolute atomic E-state index is 12.7. The highest BCUT2D eigenvalue weighted by Gasteiger charge is 2.57. The second kappa shape index (κ2) is 7.11. The van der Waals surface area contributed by atoms with Crippen molar-refractivity contribution in [2.75, 3.05) is 32.0 Å². The molecule has 0 aromatic carbocycles. The fraction of sp³-hybridized carbons (Fsp3) is 0.600. The largest absolute Gasteiger partial charge is 0.573 e. The number of alkyl halides is 4. The van der Waals surface area contributed by atoms with E-state index >= 15 is 0 Å². The van der Waals surface area contributed by atoms with Gasteiger partial charge in [-0.3, -0.25) is 0 Å². The Morgan fingerprint density at radius 2 is 1.93 bits per heavy atom. The lowest BCUT2D eigenvalue weighted by Crippen LogP contribution is -2.27. The highest BCUT2D eigenvalue weighted by Crippen LogP contribution is 2.56. The molecule has 3 fully saturated rings. The summed E-state index contributed by atoms with van der Waals surface area (Å²) >= 11 is 0. The van der Waals surface area contributed by atoms with Gasteiger partial charge in [0.25, 0.3) is 0 Å². The second-order valence-electron chi connectivity index (χ2n) is 8.52. The zero-order valence-corrected chi connectivity index (χ0v) is 16.3. The molecular formula is C20H23F4N5O. The number of likely N-dealkylation sites (tertiary alicyclic amines) is 1. The molecule has 3 heterocycles. The molecule has 3 aliphatic rings. The Bertz CT molecular complexity index is 930. The maximum Gasteiger partial charge on any atom is 0.573 e. The predicted molar refractivity (Wildman–Crippen MR) is 101 cm³/mol. The van der Waals surface area contributed by atoms with Crippen LogP contribution in [-0.2, 0) is 6.42 Å². The number of nitrogens with two attached hydrogens (primary N) is 1. The molecule has 30 heavy (non-hydrogen) atoms. The fourth-order valence-electron chi connectivity index (χ4n) is 4.66. The quantitative estimate of drug-likeness (QED) is 0.689. The zero-order valence-electron chi connectivity index (χ0n) is 16.3. The van der Waals surface area contributed by atoms with E-state index in [2.05, 4.69) is 19.2 Å². The summed E-state index contributed by atoms with van der Waals surface area (Å²) in [5.74, 6) is 1.69. The standard InChI is InChI=1S/C20H23F4N5O/c21-3-4-28-8-13-14(9-28)18(13)29-10-15(27-17(29)5-11-1-2-11)12-6-16(19(25)26-7-12)30-20(22,23)24/h6-7,10-11,13-14,18H,1-5,8-9H2,(H2,25,26)/t13-,14+,18-. The van der Waals surface area contributed by atoms with Crippen LogP contribution in [-0.4, -0.2) is 52.1 Å². The summed E-state index contributed by atoms with van der Waals surface area (Å²) in [6.45, 7) is 1.90. The molecule has 3 atom stereocenters. The van der Waals surface area contributed by atoms with Crippen molar-refractivity contribution in [1.82, 2.24) is 19.4 Å². The summed E-state index contributed by atoms with van der Waals surface area (Å²) in [6.07, 6.45) is 1.70. The molecule has 2 N–H and O–H groups in total. The number of piperidine rings is 1. The Hall–Kier alpha value is -2.36. The van der Waals surface area contributed by atoms with Crippen molar-refractivity contribution in [3.63, 3.8) is 0 Å². The molecule has 0 bridgehead atoms. The topological polar surface area (TPSA) is 69.2 Å². The van der Waals surface area contributed by atoms with Crippen LogP contribution in [0.2, 0.25) is 0 Å². The summed E-state index contributed by atoms with van der Waals surface area (Å²) in [4.78, 5) is 10.8. The van der Waals surface area contributed by atoms with Gasteiger partial charge in [-0.15, -0.1) is 13.2 Å². The van der Waals surface area contributed by atoms with E-state index in [-0.39, 0.29) is 12.5 Å². The van der Waals surface area contributed by atoms with Gasteiger partial charge in [-0.1, -0.05) is 0 Å². The molecule has 2 saturated carbocycles. The summed E-state index contributed by atoms with van der Waals surface area (Å²) < 4.78 is 56.8. The number of fused-ring (bicyclic) bond motifs is 1. The first-order valence-electron chi connectivity index (χ1n) is 10.2. The van der Waals surface area contributed by atoms with Crippen molar-refractivity contribution in [3.05, 3.63) is 24.3 Å². The van der Waals surface area contributed by atoms with Gasteiger partial charge < -0.3 is 19.9 Å². The Balaban J connectivity index is 1.41. The minimum Gasteiger partial charge on any atom is -0.402 e. The van der Waals surface area contributed by atoms with Crippen molar-refractivity contribution in [2.24, 2.45) is 17.8 Å². The minimum atomic E-state index is -4.85. The molecule has 1 saturated heterocycles. The molecule has 0 spiro atoms. The molecule has 1 aliphatic heterocycles. The van der Waals surface area contributed by atoms with Crippen LogP contribution < -0.4 is 10.5 Å². The summed E-state index contributed by atoms with van der Waals surface area (Å²) in [7, 11) is 0. The summed E-state index contributed by atoms with van der Waals surface area (Å²) in [5, 5.41) is 0. The lowest BCUT2D eigenvalue weighted by molar-refractivity contribution is -0.274. The number of nitrogens with zero attached hydrogens (tertiary/aromatic N) is 4. The van der Waals surface area contributed by atoms with Gasteiger partial charge in [0.15, 0.2) is 11.6 Å². The Morgan fingerprint density at radius 3 is 2.57 bits per heavy atom. The van der Waals surface area contributed by atoms with Gasteiger partial charge in [-0.2, -0.15) is 0 Å². The van der Waals surface area contributed by atoms with E-state index in [1.54, 1.807) is 0 Å². The van der Waals surface area contributed by atoms with Gasteiger partial charge in [0, 0.05) is 50.1 Å². The number of imidazole rings is 1. The molecule has 2 aromatic heterocycles. The van der Waals surface area contributed by atoms with Crippen LogP contribution in [0.3, 0.4) is 0 Å². The molecule has 0 radical (unpaired) electrons. The van der Waals surface area contributed by atoms with Gasteiger partial charge in [-0.25, -0.2) is 14.4 Å². The summed E-state index contributed by atoms with van der Waals surface area (Å²) in [6, 6.07) is 1.56. The van der Waals surface area contributed by atoms with Gasteiger partial charge in [0.1, 0.15) is 12.5 Å². The fourth-order valence-corrected chi connectivity index (χ4v) is 4.66. The van der Waals surface area contributed by atoms with Gasteiger partial charge in [-0.05, 0) is 36.7 Å². The number of hydrogen-bond acceptors (Lipinski definition) is 5. The van der Waals surface area contributed by atoms with E-state index in [9.17, 15) is 17.6 Å². The van der Waals surface area contributed by atoms with Crippen molar-refractivity contribution < 1.29 is 22.3 Å². The lowest BCUT2D eigenvalue weighted by Gasteiger charge is -2.18. The molecule has 2 aromatic rings. The molecule has 2 aliphatic carbocycles. The molecule has 6 nitrogen and oxygen atoms in total. The predicted octanol–water partition coefficient (Wildman–Crippen LogP) is 3.45. The lowest BCUT2D eigenvalue weighted by atomic mass is 10.2. The van der Waals surface area contributed by atoms with Gasteiger partial charge in [0.05, 0.1) is 5.69 Å². The Kier molecular flexibility index (Phi) is 4.64. The molecule has 0 unspecified atom stereocenters. The third-order valence-electron chi connectivity index (χ3n) is 6.33. The first kappa shape index (κ1) is 19.6. The van der Waals surface area contributed by atoms with E-state index in [4.69, 9.17) is 10.7 Å². The maximum atomic E-state index is 12.7. The number of anilines is 1. The van der Waals surface area contributed by atoms with Crippen LogP contribution in [0.25, 0.3) is 11.3 Å². The SMILES string of the molecule is Nc1ncc(-c2cn([C@@H]3[C@@H]4CN(CCF)C[C@@H]43)c(CC3CC3)n2)cc1OC(F)(F)F. The minimum absolute atomic E-state index is 0.321. The Labute approximate surface area is 171 Å². The number of hydrogen-bond donors (Lipinski definition) is 1. The second-order valence-corrected chi connectivity index (χ2v) is 8.52. The average Bonchev–Trinajstić information content (AvgIpc) is 3.51. The van der Waals surface area contributed by atoms with E-state index in [0.29, 0.717) is 41.6 Å². The average molecular weight is 425 g/mol. The van der Waals surface area contributed by atoms with Crippen LogP contribution in [0.1, 0.15) is 24.7 Å². The third kappa shape index (κ3) is 3.84. The first-order chi connectivity index (χ1) is 14.3. The van der Waals surface area contributed by atoms with Crippen LogP contribution in [0, 0.1) is 17.8 Å².